The number of hydrogen-bond acceptors (Lipinski definition) is 0. The van der Waals surface area contributed by atoms with E-state index < -0.39 is 8.97 Å². The average molecular weight is 402 g/mol. The van der Waals surface area contributed by atoms with Crippen LogP contribution in [0.1, 0.15) is 0 Å². The van der Waals surface area contributed by atoms with Crippen LogP contribution in [0.15, 0.2) is 0 Å². The van der Waals surface area contributed by atoms with Gasteiger partial charge in [0.05, 0.1) is 0 Å². The minimum Gasteiger partial charge on any atom is -0.137 e. The van der Waals surface area contributed by atoms with E-state index in [1.165, 1.54) is 0 Å². The van der Waals surface area contributed by atoms with Crippen LogP contribution in [0.3, 0.4) is 0 Å². The van der Waals surface area contributed by atoms with Crippen molar-refractivity contribution in [3.8, 4) is 0 Å². The number of hydrogen-bond donors (Lipinski definition) is 0. The van der Waals surface area contributed by atoms with Crippen LogP contribution in [-0.4, -0.2) is 8.97 Å². The van der Waals surface area contributed by atoms with Gasteiger partial charge in [-0.25, -0.2) is 0 Å². The monoisotopic (exact) mass is 398 g/mol. The summed E-state index contributed by atoms with van der Waals surface area (Å²) in [4.78, 5) is -2.36. The van der Waals surface area contributed by atoms with Crippen LogP contribution in [0.2, 0.25) is 0 Å². The first kappa shape index (κ1) is 10.7. The van der Waals surface area contributed by atoms with Crippen molar-refractivity contribution >= 4 is 88.1 Å². The van der Waals surface area contributed by atoms with Gasteiger partial charge in [-0.2, -0.15) is 0 Å². The molecule has 0 aromatic heterocycles. The third kappa shape index (κ3) is 3.80. The molecule has 0 heterocycles. The highest BCUT2D eigenvalue weighted by Gasteiger charge is 2.49. The quantitative estimate of drug-likeness (QED) is 0.462. The van der Waals surface area contributed by atoms with Gasteiger partial charge in [-0.1, -0.05) is 45.9 Å². The molecule has 0 bridgehead atoms. The maximum atomic E-state index is 5.73. The van der Waals surface area contributed by atoms with E-state index in [0.717, 1.165) is 0 Å². The maximum Gasteiger partial charge on any atom is 0.343 e. The van der Waals surface area contributed by atoms with Crippen LogP contribution < -0.4 is 0 Å². The highest BCUT2D eigenvalue weighted by Crippen LogP contribution is 2.43. The van der Waals surface area contributed by atoms with Gasteiger partial charge in [0.15, 0.2) is 0 Å². The predicted octanol–water partition coefficient (Wildman–Crippen LogP) is 3.84. The molecular weight excluding hydrogens is 402 g/mol. The molecule has 0 aromatic rings. The van der Waals surface area contributed by atoms with Crippen molar-refractivity contribution in [3.63, 3.8) is 0 Å². The van der Waals surface area contributed by atoms with Crippen molar-refractivity contribution < 1.29 is 0 Å². The van der Waals surface area contributed by atoms with Gasteiger partial charge in [0.25, 0.3) is 0 Å². The van der Waals surface area contributed by atoms with Gasteiger partial charge >= 0.3 is 8.97 Å². The summed E-state index contributed by atoms with van der Waals surface area (Å²) in [5.74, 6) is 0. The van der Waals surface area contributed by atoms with E-state index in [2.05, 4.69) is 45.9 Å². The van der Waals surface area contributed by atoms with Crippen molar-refractivity contribution in [2.45, 2.75) is 0 Å². The van der Waals surface area contributed by atoms with Gasteiger partial charge in [0.2, 0.25) is 0 Å². The minimum atomic E-state index is -2.36. The van der Waals surface area contributed by atoms with Crippen molar-refractivity contribution in [1.82, 2.24) is 0 Å². The van der Waals surface area contributed by atoms with E-state index in [9.17, 15) is 0 Å². The van der Waals surface area contributed by atoms with Crippen LogP contribution in [0.5, 0.6) is 0 Å². The molecule has 0 unspecified atom stereocenters. The first-order valence-electron chi connectivity index (χ1n) is 1.38. The summed E-state index contributed by atoms with van der Waals surface area (Å²) in [7, 11) is 0. The number of rotatable bonds is 1. The van der Waals surface area contributed by atoms with E-state index in [-0.39, 0.29) is 0 Å². The van der Waals surface area contributed by atoms with Gasteiger partial charge in [-0.3, -0.25) is 0 Å². The Labute approximate surface area is 86.9 Å². The zero-order valence-corrected chi connectivity index (χ0v) is 12.3. The average Bonchev–Trinajstić information content (AvgIpc) is 1.25. The lowest BCUT2D eigenvalue weighted by atomic mass is 26.9. The summed E-state index contributed by atoms with van der Waals surface area (Å²) >= 11 is 26.5. The van der Waals surface area contributed by atoms with Crippen LogP contribution in [0, 0.1) is 0 Å². The molecule has 0 fully saturated rings. The molecule has 8 heteroatoms. The van der Waals surface area contributed by atoms with Crippen molar-refractivity contribution in [3.05, 3.63) is 0 Å². The minimum absolute atomic E-state index is 2.18. The molecule has 0 aliphatic heterocycles. The largest absolute Gasteiger partial charge is 0.343 e. The summed E-state index contributed by atoms with van der Waals surface area (Å²) in [5.41, 5.74) is 0. The van der Waals surface area contributed by atoms with E-state index in [0.29, 0.717) is 0 Å². The van der Waals surface area contributed by atoms with E-state index >= 15 is 0 Å². The van der Waals surface area contributed by atoms with E-state index in [4.69, 9.17) is 33.2 Å². The summed E-state index contributed by atoms with van der Waals surface area (Å²) in [5, 5.41) is 0. The van der Waals surface area contributed by atoms with Gasteiger partial charge in [0, 0.05) is 0 Å². The standard InChI is InChI=1S/Br3Cl3Si2/c1-7(2,4)8(3,5)6. The second-order valence-corrected chi connectivity index (χ2v) is 42.0. The molecule has 0 rings (SSSR count). The molecule has 0 saturated heterocycles. The molecule has 0 aliphatic rings. The molecule has 0 saturated carbocycles. The van der Waals surface area contributed by atoms with E-state index in [1.807, 2.05) is 0 Å². The Hall–Kier alpha value is 2.74. The van der Waals surface area contributed by atoms with Crippen molar-refractivity contribution in [1.29, 1.82) is 0 Å². The van der Waals surface area contributed by atoms with E-state index in [1.54, 1.807) is 0 Å². The second-order valence-electron chi connectivity index (χ2n) is 0.996. The summed E-state index contributed by atoms with van der Waals surface area (Å²) in [6, 6.07) is 0. The molecule has 50 valence electrons. The zero-order chi connectivity index (χ0) is 7.00. The fraction of sp³-hybridized carbons (Fsp3) is 0. The lowest BCUT2D eigenvalue weighted by molar-refractivity contribution is 3.74. The molecule has 0 spiro atoms. The lowest BCUT2D eigenvalue weighted by Gasteiger charge is -2.14. The maximum absolute atomic E-state index is 5.73. The molecule has 0 aliphatic carbocycles. The lowest BCUT2D eigenvalue weighted by Crippen LogP contribution is -2.34. The Morgan fingerprint density at radius 2 is 1.00 bits per heavy atom. The van der Waals surface area contributed by atoms with Gasteiger partial charge in [-0.15, -0.1) is 33.2 Å². The molecule has 0 N–H and O–H groups in total. The van der Waals surface area contributed by atoms with Crippen LogP contribution in [0.25, 0.3) is 0 Å². The smallest absolute Gasteiger partial charge is 0.137 e. The van der Waals surface area contributed by atoms with Gasteiger partial charge < -0.3 is 0 Å². The predicted molar refractivity (Wildman–Crippen MR) is 55.8 cm³/mol. The molecule has 0 atom stereocenters. The Balaban J connectivity index is 4.02. The molecule has 0 radical (unpaired) electrons. The van der Waals surface area contributed by atoms with Gasteiger partial charge in [0.1, 0.15) is 0 Å². The van der Waals surface area contributed by atoms with Crippen molar-refractivity contribution in [2.24, 2.45) is 0 Å². The molecule has 0 aromatic carbocycles. The Morgan fingerprint density at radius 1 is 0.875 bits per heavy atom. The Morgan fingerprint density at radius 3 is 1.00 bits per heavy atom. The SMILES string of the molecule is Cl[Si](Cl)(Br)[Si](Cl)(Br)Br. The van der Waals surface area contributed by atoms with Crippen LogP contribution in [0.4, 0.5) is 0 Å². The topological polar surface area (TPSA) is 0 Å². The Kier molecular flexibility index (Phi) is 4.60. The Bertz CT molecular complexity index is 67.5. The van der Waals surface area contributed by atoms with Crippen LogP contribution >= 0.6 is 79.1 Å². The third-order valence-electron chi connectivity index (χ3n) is 0.321. The summed E-state index contributed by atoms with van der Waals surface area (Å²) in [6.45, 7) is 0. The van der Waals surface area contributed by atoms with Crippen molar-refractivity contribution in [2.75, 3.05) is 0 Å². The molecule has 0 amide bonds. The first-order chi connectivity index (χ1) is 3.25. The zero-order valence-electron chi connectivity index (χ0n) is 3.27. The van der Waals surface area contributed by atoms with Gasteiger partial charge in [-0.05, 0) is 0 Å². The fourth-order valence-electron chi connectivity index (χ4n) is 0. The summed E-state index contributed by atoms with van der Waals surface area (Å²) in [6.07, 6.45) is 0. The third-order valence-corrected chi connectivity index (χ3v) is 48.2. The normalized spacial score (nSPS) is 14.2. The molecule has 8 heavy (non-hydrogen) atoms. The highest BCUT2D eigenvalue weighted by atomic mass is 79.9. The highest BCUT2D eigenvalue weighted by molar-refractivity contribution is 9.59. The van der Waals surface area contributed by atoms with Crippen LogP contribution in [-0.2, 0) is 0 Å². The fourth-order valence-corrected chi connectivity index (χ4v) is 0. The summed E-state index contributed by atoms with van der Waals surface area (Å²) < 4.78 is -2.18. The molecular formula is Br3Cl3Si2. The second kappa shape index (κ2) is 3.43. The number of halogens is 6. The first-order valence-corrected chi connectivity index (χ1v) is 16.2. The molecule has 0 nitrogen and oxygen atoms in total.